The van der Waals surface area contributed by atoms with Crippen molar-refractivity contribution in [3.8, 4) is 11.5 Å². The lowest BCUT2D eigenvalue weighted by Crippen LogP contribution is -2.31. The Labute approximate surface area is 185 Å². The van der Waals surface area contributed by atoms with Crippen LogP contribution >= 0.6 is 0 Å². The Bertz CT molecular complexity index is 1040. The maximum Gasteiger partial charge on any atom is 0.343 e. The molecule has 3 aromatic rings. The van der Waals surface area contributed by atoms with Gasteiger partial charge < -0.3 is 9.47 Å². The molecule has 0 bridgehead atoms. The van der Waals surface area contributed by atoms with Crippen molar-refractivity contribution in [2.45, 2.75) is 39.0 Å². The fourth-order valence-electron chi connectivity index (χ4n) is 5.39. The van der Waals surface area contributed by atoms with Crippen LogP contribution in [0.15, 0.2) is 78.9 Å². The predicted octanol–water partition coefficient (Wildman–Crippen LogP) is 6.66. The Morgan fingerprint density at radius 3 is 1.87 bits per heavy atom. The normalized spacial score (nSPS) is 22.1. The van der Waals surface area contributed by atoms with E-state index in [2.05, 4.69) is 45.0 Å². The van der Waals surface area contributed by atoms with Crippen LogP contribution in [0, 0.1) is 11.3 Å². The maximum atomic E-state index is 12.4. The van der Waals surface area contributed by atoms with Gasteiger partial charge in [0.05, 0.1) is 12.7 Å². The summed E-state index contributed by atoms with van der Waals surface area (Å²) in [5, 5.41) is 0. The van der Waals surface area contributed by atoms with Crippen LogP contribution in [0.1, 0.15) is 55.1 Å². The highest BCUT2D eigenvalue weighted by Gasteiger charge is 2.50. The zero-order valence-corrected chi connectivity index (χ0v) is 18.7. The molecule has 0 spiro atoms. The molecule has 0 N–H and O–H groups in total. The minimum Gasteiger partial charge on any atom is -0.497 e. The van der Waals surface area contributed by atoms with Crippen LogP contribution in [0.4, 0.5) is 0 Å². The van der Waals surface area contributed by atoms with Gasteiger partial charge in [0, 0.05) is 5.41 Å². The van der Waals surface area contributed by atoms with Crippen molar-refractivity contribution in [2.75, 3.05) is 7.11 Å². The number of rotatable bonds is 5. The maximum absolute atomic E-state index is 12.4. The lowest BCUT2D eigenvalue weighted by molar-refractivity contribution is 0.0734. The molecule has 1 fully saturated rings. The van der Waals surface area contributed by atoms with Gasteiger partial charge in [-0.15, -0.1) is 0 Å². The first-order valence-corrected chi connectivity index (χ1v) is 10.9. The molecule has 2 unspecified atom stereocenters. The Balaban J connectivity index is 1.67. The summed E-state index contributed by atoms with van der Waals surface area (Å²) in [5.74, 6) is 1.57. The first-order chi connectivity index (χ1) is 14.8. The van der Waals surface area contributed by atoms with Crippen LogP contribution in [-0.2, 0) is 5.41 Å². The summed E-state index contributed by atoms with van der Waals surface area (Å²) in [6.45, 7) is 7.05. The molecule has 0 heterocycles. The van der Waals surface area contributed by atoms with Crippen LogP contribution in [0.5, 0.6) is 11.5 Å². The summed E-state index contributed by atoms with van der Waals surface area (Å²) in [7, 11) is 1.70. The Hall–Kier alpha value is -3.07. The third kappa shape index (κ3) is 4.10. The van der Waals surface area contributed by atoms with Gasteiger partial charge in [0.25, 0.3) is 0 Å². The highest BCUT2D eigenvalue weighted by Crippen LogP contribution is 2.57. The Morgan fingerprint density at radius 1 is 0.839 bits per heavy atom. The van der Waals surface area contributed by atoms with E-state index in [-0.39, 0.29) is 16.8 Å². The first kappa shape index (κ1) is 21.2. The highest BCUT2D eigenvalue weighted by atomic mass is 16.5. The topological polar surface area (TPSA) is 35.5 Å². The largest absolute Gasteiger partial charge is 0.497 e. The van der Waals surface area contributed by atoms with Crippen LogP contribution in [0.25, 0.3) is 0 Å². The quantitative estimate of drug-likeness (QED) is 0.346. The molecule has 0 radical (unpaired) electrons. The molecular weight excluding hydrogens is 384 g/mol. The van der Waals surface area contributed by atoms with E-state index in [4.69, 9.17) is 9.47 Å². The second kappa shape index (κ2) is 8.22. The monoisotopic (exact) mass is 414 g/mol. The van der Waals surface area contributed by atoms with Crippen molar-refractivity contribution in [1.29, 1.82) is 0 Å². The minimum atomic E-state index is -0.339. The van der Waals surface area contributed by atoms with Crippen LogP contribution in [0.3, 0.4) is 0 Å². The zero-order chi connectivity index (χ0) is 22.1. The fourth-order valence-corrected chi connectivity index (χ4v) is 5.39. The average Bonchev–Trinajstić information content (AvgIpc) is 3.04. The first-order valence-electron chi connectivity index (χ1n) is 10.9. The summed E-state index contributed by atoms with van der Waals surface area (Å²) >= 11 is 0. The summed E-state index contributed by atoms with van der Waals surface area (Å²) in [6.07, 6.45) is 2.22. The highest BCUT2D eigenvalue weighted by molar-refractivity contribution is 5.90. The number of benzene rings is 3. The summed E-state index contributed by atoms with van der Waals surface area (Å²) in [6, 6.07) is 25.6. The molecule has 0 amide bonds. The van der Waals surface area contributed by atoms with Gasteiger partial charge in [-0.3, -0.25) is 0 Å². The molecular formula is C28H30O3. The standard InChI is InChI=1S/C28H30O3/c1-20-18-27(2,3)19-28(20,22-10-14-24(30-4)15-11-22)23-12-16-25(17-13-23)31-26(29)21-8-6-5-7-9-21/h5-17,20H,18-19H2,1-4H3. The molecule has 4 rings (SSSR count). The van der Waals surface area contributed by atoms with Crippen LogP contribution in [0.2, 0.25) is 0 Å². The Morgan fingerprint density at radius 2 is 1.39 bits per heavy atom. The van der Waals surface area contributed by atoms with E-state index in [1.165, 1.54) is 11.1 Å². The average molecular weight is 415 g/mol. The van der Waals surface area contributed by atoms with Gasteiger partial charge in [-0.05, 0) is 71.7 Å². The van der Waals surface area contributed by atoms with Crippen molar-refractivity contribution in [2.24, 2.45) is 11.3 Å². The van der Waals surface area contributed by atoms with Gasteiger partial charge in [-0.2, -0.15) is 0 Å². The van der Waals surface area contributed by atoms with Crippen molar-refractivity contribution >= 4 is 5.97 Å². The molecule has 1 aliphatic carbocycles. The molecule has 0 saturated heterocycles. The van der Waals surface area contributed by atoms with E-state index in [1.807, 2.05) is 42.5 Å². The number of ether oxygens (including phenoxy) is 2. The number of hydrogen-bond donors (Lipinski definition) is 0. The molecule has 0 aromatic heterocycles. The van der Waals surface area contributed by atoms with Gasteiger partial charge in [-0.25, -0.2) is 4.79 Å². The SMILES string of the molecule is COc1ccc(C2(c3ccc(OC(=O)c4ccccc4)cc3)CC(C)(C)CC2C)cc1. The molecule has 31 heavy (non-hydrogen) atoms. The molecule has 3 aromatic carbocycles. The summed E-state index contributed by atoms with van der Waals surface area (Å²) in [4.78, 5) is 12.4. The predicted molar refractivity (Wildman–Crippen MR) is 124 cm³/mol. The van der Waals surface area contributed by atoms with Gasteiger partial charge in [0.1, 0.15) is 11.5 Å². The smallest absolute Gasteiger partial charge is 0.343 e. The second-order valence-corrected chi connectivity index (χ2v) is 9.43. The van der Waals surface area contributed by atoms with Gasteiger partial charge in [-0.1, -0.05) is 63.2 Å². The van der Waals surface area contributed by atoms with E-state index >= 15 is 0 Å². The number of hydrogen-bond acceptors (Lipinski definition) is 3. The minimum absolute atomic E-state index is 0.0856. The molecule has 2 atom stereocenters. The summed E-state index contributed by atoms with van der Waals surface area (Å²) in [5.41, 5.74) is 3.28. The van der Waals surface area contributed by atoms with Crippen molar-refractivity contribution < 1.29 is 14.3 Å². The molecule has 3 nitrogen and oxygen atoms in total. The number of carbonyl (C=O) groups is 1. The zero-order valence-electron chi connectivity index (χ0n) is 18.7. The van der Waals surface area contributed by atoms with Gasteiger partial charge in [0.15, 0.2) is 0 Å². The van der Waals surface area contributed by atoms with Crippen molar-refractivity contribution in [1.82, 2.24) is 0 Å². The second-order valence-electron chi connectivity index (χ2n) is 9.43. The van der Waals surface area contributed by atoms with Gasteiger partial charge in [0.2, 0.25) is 0 Å². The van der Waals surface area contributed by atoms with E-state index in [0.717, 1.165) is 18.6 Å². The fraction of sp³-hybridized carbons (Fsp3) is 0.321. The third-order valence-corrected chi connectivity index (χ3v) is 6.65. The lowest BCUT2D eigenvalue weighted by Gasteiger charge is -2.36. The molecule has 0 aliphatic heterocycles. The summed E-state index contributed by atoms with van der Waals surface area (Å²) < 4.78 is 11.0. The van der Waals surface area contributed by atoms with E-state index in [9.17, 15) is 4.79 Å². The van der Waals surface area contributed by atoms with E-state index in [0.29, 0.717) is 17.2 Å². The van der Waals surface area contributed by atoms with Gasteiger partial charge >= 0.3 is 5.97 Å². The molecule has 160 valence electrons. The molecule has 1 saturated carbocycles. The number of carbonyl (C=O) groups excluding carboxylic acids is 1. The van der Waals surface area contributed by atoms with Crippen molar-refractivity contribution in [3.63, 3.8) is 0 Å². The van der Waals surface area contributed by atoms with E-state index < -0.39 is 0 Å². The molecule has 3 heteroatoms. The lowest BCUT2D eigenvalue weighted by atomic mass is 9.67. The van der Waals surface area contributed by atoms with Crippen LogP contribution < -0.4 is 9.47 Å². The number of methoxy groups -OCH3 is 1. The van der Waals surface area contributed by atoms with E-state index in [1.54, 1.807) is 19.2 Å². The number of esters is 1. The molecule has 1 aliphatic rings. The van der Waals surface area contributed by atoms with Crippen LogP contribution in [-0.4, -0.2) is 13.1 Å². The third-order valence-electron chi connectivity index (χ3n) is 6.65. The van der Waals surface area contributed by atoms with Crippen molar-refractivity contribution in [3.05, 3.63) is 95.6 Å². The Kier molecular flexibility index (Phi) is 5.62.